The van der Waals surface area contributed by atoms with Crippen LogP contribution in [0.2, 0.25) is 0 Å². The molecule has 0 aromatic carbocycles. The summed E-state index contributed by atoms with van der Waals surface area (Å²) in [5.74, 6) is 0. The molecule has 7 heteroatoms. The van der Waals surface area contributed by atoms with E-state index in [1.54, 1.807) is 0 Å². The third-order valence-corrected chi connectivity index (χ3v) is 1.25. The van der Waals surface area contributed by atoms with E-state index in [9.17, 15) is 18.0 Å². The fourth-order valence-corrected chi connectivity index (χ4v) is 0.698. The molecule has 0 saturated heterocycles. The maximum absolute atomic E-state index is 12.0. The monoisotopic (exact) mass is 179 g/mol. The topological polar surface area (TPSA) is 47.8 Å². The summed E-state index contributed by atoms with van der Waals surface area (Å²) in [6, 6.07) is 0. The molecule has 1 rings (SSSR count). The third kappa shape index (κ3) is 1.29. The van der Waals surface area contributed by atoms with E-state index in [0.29, 0.717) is 0 Å². The molecule has 1 heterocycles. The van der Waals surface area contributed by atoms with Gasteiger partial charge in [0.1, 0.15) is 5.69 Å². The largest absolute Gasteiger partial charge is 0.437 e. The average Bonchev–Trinajstić information content (AvgIpc) is 2.29. The second-order valence-corrected chi connectivity index (χ2v) is 2.06. The molecule has 0 spiro atoms. The van der Waals surface area contributed by atoms with Crippen molar-refractivity contribution < 1.29 is 18.0 Å². The van der Waals surface area contributed by atoms with E-state index in [-0.39, 0.29) is 6.29 Å². The van der Waals surface area contributed by atoms with Crippen LogP contribution in [0.3, 0.4) is 0 Å². The van der Waals surface area contributed by atoms with Crippen molar-refractivity contribution in [1.29, 1.82) is 0 Å². The Balaban J connectivity index is 3.25. The van der Waals surface area contributed by atoms with Gasteiger partial charge in [-0.2, -0.15) is 13.2 Å². The summed E-state index contributed by atoms with van der Waals surface area (Å²) >= 11 is 0. The van der Waals surface area contributed by atoms with Crippen LogP contribution in [0.4, 0.5) is 13.2 Å². The second kappa shape index (κ2) is 2.58. The number of alkyl halides is 3. The van der Waals surface area contributed by atoms with Gasteiger partial charge >= 0.3 is 6.18 Å². The number of aromatic nitrogens is 3. The molecule has 0 N–H and O–H groups in total. The lowest BCUT2D eigenvalue weighted by atomic mass is 10.3. The van der Waals surface area contributed by atoms with Crippen molar-refractivity contribution in [2.45, 2.75) is 6.18 Å². The van der Waals surface area contributed by atoms with Gasteiger partial charge in [-0.15, -0.1) is 5.10 Å². The molecule has 0 saturated carbocycles. The Labute approximate surface area is 65.0 Å². The molecular formula is C5H4F3N3O. The normalized spacial score (nSPS) is 11.7. The van der Waals surface area contributed by atoms with Gasteiger partial charge in [0.25, 0.3) is 0 Å². The molecule has 12 heavy (non-hydrogen) atoms. The number of hydrogen-bond acceptors (Lipinski definition) is 3. The minimum atomic E-state index is -4.62. The van der Waals surface area contributed by atoms with Crippen molar-refractivity contribution in [3.63, 3.8) is 0 Å². The third-order valence-electron chi connectivity index (χ3n) is 1.25. The highest BCUT2D eigenvalue weighted by atomic mass is 19.4. The van der Waals surface area contributed by atoms with Crippen LogP contribution in [0.1, 0.15) is 16.2 Å². The Hall–Kier alpha value is -1.40. The van der Waals surface area contributed by atoms with Gasteiger partial charge in [0.05, 0.1) is 0 Å². The van der Waals surface area contributed by atoms with E-state index >= 15 is 0 Å². The molecular weight excluding hydrogens is 175 g/mol. The van der Waals surface area contributed by atoms with Crippen LogP contribution in [0.25, 0.3) is 0 Å². The van der Waals surface area contributed by atoms with E-state index in [4.69, 9.17) is 0 Å². The molecule has 0 amide bonds. The summed E-state index contributed by atoms with van der Waals surface area (Å²) in [5, 5.41) is 5.88. The van der Waals surface area contributed by atoms with Crippen molar-refractivity contribution in [3.8, 4) is 0 Å². The van der Waals surface area contributed by atoms with Gasteiger partial charge in [-0.25, -0.2) is 4.68 Å². The first-order chi connectivity index (χ1) is 5.46. The Morgan fingerprint density at radius 1 is 1.50 bits per heavy atom. The number of hydrogen-bond donors (Lipinski definition) is 0. The van der Waals surface area contributed by atoms with Crippen molar-refractivity contribution in [2.24, 2.45) is 7.05 Å². The van der Waals surface area contributed by atoms with Crippen LogP contribution < -0.4 is 0 Å². The average molecular weight is 179 g/mol. The van der Waals surface area contributed by atoms with Gasteiger partial charge in [-0.05, 0) is 0 Å². The summed E-state index contributed by atoms with van der Waals surface area (Å²) in [5.41, 5.74) is -1.82. The van der Waals surface area contributed by atoms with E-state index < -0.39 is 17.6 Å². The van der Waals surface area contributed by atoms with E-state index in [0.717, 1.165) is 4.68 Å². The first kappa shape index (κ1) is 8.69. The van der Waals surface area contributed by atoms with Crippen molar-refractivity contribution in [2.75, 3.05) is 0 Å². The van der Waals surface area contributed by atoms with Crippen LogP contribution in [0, 0.1) is 0 Å². The molecule has 1 aromatic heterocycles. The number of aldehydes is 1. The molecule has 4 nitrogen and oxygen atoms in total. The smallest absolute Gasteiger partial charge is 0.296 e. The Bertz CT molecular complexity index is 303. The van der Waals surface area contributed by atoms with Crippen LogP contribution >= 0.6 is 0 Å². The van der Waals surface area contributed by atoms with Crippen LogP contribution in [-0.2, 0) is 13.2 Å². The highest BCUT2D eigenvalue weighted by molar-refractivity contribution is 5.73. The molecule has 0 fully saturated rings. The first-order valence-electron chi connectivity index (χ1n) is 2.89. The highest BCUT2D eigenvalue weighted by Crippen LogP contribution is 2.28. The lowest BCUT2D eigenvalue weighted by Gasteiger charge is -2.00. The zero-order valence-corrected chi connectivity index (χ0v) is 5.96. The summed E-state index contributed by atoms with van der Waals surface area (Å²) in [4.78, 5) is 10.2. The lowest BCUT2D eigenvalue weighted by Crippen LogP contribution is -2.10. The SMILES string of the molecule is Cn1nnc(C(F)(F)F)c1C=O. The number of aryl methyl sites for hydroxylation is 1. The maximum atomic E-state index is 12.0. The van der Waals surface area contributed by atoms with Crippen molar-refractivity contribution >= 4 is 6.29 Å². The molecule has 0 bridgehead atoms. The second-order valence-electron chi connectivity index (χ2n) is 2.06. The molecule has 0 unspecified atom stereocenters. The lowest BCUT2D eigenvalue weighted by molar-refractivity contribution is -0.141. The van der Waals surface area contributed by atoms with E-state index in [2.05, 4.69) is 10.3 Å². The van der Waals surface area contributed by atoms with Crippen LogP contribution in [-0.4, -0.2) is 21.3 Å². The zero-order chi connectivity index (χ0) is 9.35. The molecule has 66 valence electrons. The maximum Gasteiger partial charge on any atom is 0.437 e. The number of rotatable bonds is 1. The Morgan fingerprint density at radius 3 is 2.42 bits per heavy atom. The molecule has 0 radical (unpaired) electrons. The van der Waals surface area contributed by atoms with Crippen molar-refractivity contribution in [1.82, 2.24) is 15.0 Å². The predicted octanol–water partition coefficient (Wildman–Crippen LogP) is 0.646. The minimum Gasteiger partial charge on any atom is -0.296 e. The zero-order valence-electron chi connectivity index (χ0n) is 5.96. The van der Waals surface area contributed by atoms with Gasteiger partial charge in [0.2, 0.25) is 0 Å². The van der Waals surface area contributed by atoms with Gasteiger partial charge in [0.15, 0.2) is 12.0 Å². The van der Waals surface area contributed by atoms with Crippen LogP contribution in [0.5, 0.6) is 0 Å². The van der Waals surface area contributed by atoms with Crippen molar-refractivity contribution in [3.05, 3.63) is 11.4 Å². The fourth-order valence-electron chi connectivity index (χ4n) is 0.698. The van der Waals surface area contributed by atoms with Gasteiger partial charge in [-0.3, -0.25) is 4.79 Å². The standard InChI is InChI=1S/C5H4F3N3O/c1-11-3(2-12)4(9-10-11)5(6,7)8/h2H,1H3. The Kier molecular flexibility index (Phi) is 1.87. The summed E-state index contributed by atoms with van der Waals surface area (Å²) in [6.45, 7) is 0. The summed E-state index contributed by atoms with van der Waals surface area (Å²) < 4.78 is 36.7. The van der Waals surface area contributed by atoms with Gasteiger partial charge in [-0.1, -0.05) is 5.21 Å². The number of carbonyl (C=O) groups is 1. The Morgan fingerprint density at radius 2 is 2.08 bits per heavy atom. The fraction of sp³-hybridized carbons (Fsp3) is 0.400. The van der Waals surface area contributed by atoms with Gasteiger partial charge in [0, 0.05) is 7.05 Å². The molecule has 0 atom stereocenters. The summed E-state index contributed by atoms with van der Waals surface area (Å²) in [7, 11) is 1.21. The number of carbonyl (C=O) groups excluding carboxylic acids is 1. The molecule has 0 aliphatic heterocycles. The van der Waals surface area contributed by atoms with Gasteiger partial charge < -0.3 is 0 Å². The molecule has 0 aliphatic carbocycles. The highest BCUT2D eigenvalue weighted by Gasteiger charge is 2.38. The van der Waals surface area contributed by atoms with E-state index in [1.807, 2.05) is 0 Å². The molecule has 1 aromatic rings. The first-order valence-corrected chi connectivity index (χ1v) is 2.89. The number of halogens is 3. The number of nitrogens with zero attached hydrogens (tertiary/aromatic N) is 3. The molecule has 0 aliphatic rings. The quantitative estimate of drug-likeness (QED) is 0.594. The minimum absolute atomic E-state index is 0.0722. The van der Waals surface area contributed by atoms with E-state index in [1.165, 1.54) is 7.05 Å². The predicted molar refractivity (Wildman–Crippen MR) is 31.4 cm³/mol. The van der Waals surface area contributed by atoms with Crippen LogP contribution in [0.15, 0.2) is 0 Å². The summed E-state index contributed by atoms with van der Waals surface area (Å²) in [6.07, 6.45) is -4.55.